The van der Waals surface area contributed by atoms with E-state index in [9.17, 15) is 19.2 Å². The molecule has 2 aromatic rings. The molecular formula is C44H64N2O9. The van der Waals surface area contributed by atoms with Crippen LogP contribution in [0.4, 0.5) is 9.59 Å². The van der Waals surface area contributed by atoms with Crippen molar-refractivity contribution < 1.29 is 42.9 Å². The lowest BCUT2D eigenvalue weighted by molar-refractivity contribution is -0.163. The Morgan fingerprint density at radius 2 is 0.909 bits per heavy atom. The summed E-state index contributed by atoms with van der Waals surface area (Å²) in [6.45, 7) is 24.0. The van der Waals surface area contributed by atoms with Crippen molar-refractivity contribution in [2.24, 2.45) is 23.7 Å². The standard InChI is InChI=1S/C44H64N2O9/c1-41(2,3)52-37(47)35(31-19-21-45(27-31)39(49)54-43(7,8)9)25-29-15-13-17-33(23-29)51-34-18-14-16-30(24-34)26-36(38(48)53-42(4,5)6)32-20-22-46(28-32)40(50)55-44(10,11)12/h13-18,23-24,31-32,35-36H,19-22,25-28H2,1-12H3/t31-,32-,35-,36-/m0/s1. The fourth-order valence-corrected chi connectivity index (χ4v) is 6.97. The van der Waals surface area contributed by atoms with Gasteiger partial charge in [0, 0.05) is 26.2 Å². The van der Waals surface area contributed by atoms with Crippen molar-refractivity contribution >= 4 is 24.1 Å². The average Bonchev–Trinajstić information content (AvgIpc) is 3.71. The second-order valence-corrected chi connectivity index (χ2v) is 19.0. The molecule has 0 aliphatic carbocycles. The van der Waals surface area contributed by atoms with Gasteiger partial charge in [-0.05, 0) is 156 Å². The second-order valence-electron chi connectivity index (χ2n) is 19.0. The van der Waals surface area contributed by atoms with E-state index in [4.69, 9.17) is 23.7 Å². The molecule has 0 radical (unpaired) electrons. The van der Waals surface area contributed by atoms with Gasteiger partial charge in [0.05, 0.1) is 11.8 Å². The molecule has 2 saturated heterocycles. The number of benzene rings is 2. The van der Waals surface area contributed by atoms with Gasteiger partial charge in [0.15, 0.2) is 0 Å². The molecule has 2 heterocycles. The zero-order valence-electron chi connectivity index (χ0n) is 35.2. The van der Waals surface area contributed by atoms with E-state index in [1.54, 1.807) is 9.80 Å². The van der Waals surface area contributed by atoms with E-state index in [0.29, 0.717) is 63.4 Å². The molecule has 2 aliphatic heterocycles. The number of nitrogens with zero attached hydrogens (tertiary/aromatic N) is 2. The number of amides is 2. The molecule has 11 nitrogen and oxygen atoms in total. The lowest BCUT2D eigenvalue weighted by Crippen LogP contribution is -2.38. The zero-order valence-corrected chi connectivity index (χ0v) is 35.2. The van der Waals surface area contributed by atoms with Crippen molar-refractivity contribution in [1.82, 2.24) is 9.80 Å². The van der Waals surface area contributed by atoms with Crippen molar-refractivity contribution in [1.29, 1.82) is 0 Å². The smallest absolute Gasteiger partial charge is 0.410 e. The quantitative estimate of drug-likeness (QED) is 0.172. The van der Waals surface area contributed by atoms with Gasteiger partial charge in [-0.25, -0.2) is 9.59 Å². The monoisotopic (exact) mass is 764 g/mol. The Balaban J connectivity index is 1.50. The van der Waals surface area contributed by atoms with E-state index in [-0.39, 0.29) is 36.0 Å². The predicted octanol–water partition coefficient (Wildman–Crippen LogP) is 8.99. The predicted molar refractivity (Wildman–Crippen MR) is 211 cm³/mol. The molecule has 0 spiro atoms. The van der Waals surface area contributed by atoms with Gasteiger partial charge in [-0.15, -0.1) is 0 Å². The average molecular weight is 765 g/mol. The van der Waals surface area contributed by atoms with Crippen LogP contribution < -0.4 is 4.74 Å². The third kappa shape index (κ3) is 14.1. The fraction of sp³-hybridized carbons (Fsp3) is 0.636. The van der Waals surface area contributed by atoms with Crippen molar-refractivity contribution in [2.45, 2.75) is 131 Å². The number of hydrogen-bond acceptors (Lipinski definition) is 9. The number of hydrogen-bond donors (Lipinski definition) is 0. The number of rotatable bonds is 10. The minimum absolute atomic E-state index is 0.0994. The maximum absolute atomic E-state index is 13.6. The molecule has 0 bridgehead atoms. The second kappa shape index (κ2) is 17.2. The molecular weight excluding hydrogens is 700 g/mol. The van der Waals surface area contributed by atoms with E-state index in [0.717, 1.165) is 11.1 Å². The molecule has 2 aliphatic rings. The molecule has 2 fully saturated rings. The van der Waals surface area contributed by atoms with E-state index in [1.165, 1.54) is 0 Å². The largest absolute Gasteiger partial charge is 0.460 e. The highest BCUT2D eigenvalue weighted by Gasteiger charge is 2.40. The van der Waals surface area contributed by atoms with Gasteiger partial charge in [-0.1, -0.05) is 24.3 Å². The summed E-state index contributed by atoms with van der Waals surface area (Å²) in [5.41, 5.74) is -0.734. The highest BCUT2D eigenvalue weighted by atomic mass is 16.6. The Bertz CT molecular complexity index is 1540. The molecule has 0 N–H and O–H groups in total. The van der Waals surface area contributed by atoms with E-state index < -0.39 is 34.2 Å². The summed E-state index contributed by atoms with van der Waals surface area (Å²) >= 11 is 0. The first kappa shape index (κ1) is 43.4. The summed E-state index contributed by atoms with van der Waals surface area (Å²) in [4.78, 5) is 56.3. The summed E-state index contributed by atoms with van der Waals surface area (Å²) in [5.74, 6) is -0.528. The van der Waals surface area contributed by atoms with Crippen molar-refractivity contribution in [3.05, 3.63) is 59.7 Å². The first-order chi connectivity index (χ1) is 25.3. The first-order valence-electron chi connectivity index (χ1n) is 19.6. The number of carbonyl (C=O) groups excluding carboxylic acids is 4. The Morgan fingerprint density at radius 3 is 1.24 bits per heavy atom. The highest BCUT2D eigenvalue weighted by Crippen LogP contribution is 2.34. The van der Waals surface area contributed by atoms with Crippen LogP contribution in [-0.4, -0.2) is 82.5 Å². The minimum atomic E-state index is -0.660. The highest BCUT2D eigenvalue weighted by molar-refractivity contribution is 5.75. The van der Waals surface area contributed by atoms with Gasteiger partial charge in [-0.2, -0.15) is 0 Å². The number of likely N-dealkylation sites (tertiary alicyclic amines) is 2. The molecule has 55 heavy (non-hydrogen) atoms. The number of esters is 2. The van der Waals surface area contributed by atoms with Gasteiger partial charge in [0.2, 0.25) is 0 Å². The van der Waals surface area contributed by atoms with Gasteiger partial charge < -0.3 is 33.5 Å². The van der Waals surface area contributed by atoms with E-state index in [1.807, 2.05) is 132 Å². The van der Waals surface area contributed by atoms with Crippen LogP contribution in [0.2, 0.25) is 0 Å². The lowest BCUT2D eigenvalue weighted by Gasteiger charge is -2.28. The molecule has 304 valence electrons. The minimum Gasteiger partial charge on any atom is -0.460 e. The lowest BCUT2D eigenvalue weighted by atomic mass is 9.86. The van der Waals surface area contributed by atoms with Gasteiger partial charge in [0.25, 0.3) is 0 Å². The Hall–Kier alpha value is -4.28. The van der Waals surface area contributed by atoms with Gasteiger partial charge in [0.1, 0.15) is 33.9 Å². The Kier molecular flexibility index (Phi) is 13.6. The number of carbonyl (C=O) groups is 4. The zero-order chi connectivity index (χ0) is 40.9. The van der Waals surface area contributed by atoms with Crippen LogP contribution in [0.25, 0.3) is 0 Å². The molecule has 2 amide bonds. The summed E-state index contributed by atoms with van der Waals surface area (Å²) in [6.07, 6.45) is 1.40. The molecule has 0 unspecified atom stereocenters. The Morgan fingerprint density at radius 1 is 0.564 bits per heavy atom. The molecule has 0 saturated carbocycles. The van der Waals surface area contributed by atoms with Crippen LogP contribution in [0.15, 0.2) is 48.5 Å². The Labute approximate surface area is 328 Å². The summed E-state index contributed by atoms with van der Waals surface area (Å²) in [6, 6.07) is 15.3. The van der Waals surface area contributed by atoms with Crippen molar-refractivity contribution in [2.75, 3.05) is 26.2 Å². The van der Waals surface area contributed by atoms with Crippen LogP contribution in [0.5, 0.6) is 11.5 Å². The summed E-state index contributed by atoms with van der Waals surface area (Å²) in [7, 11) is 0. The van der Waals surface area contributed by atoms with Crippen LogP contribution in [-0.2, 0) is 41.4 Å². The third-order valence-electron chi connectivity index (χ3n) is 9.25. The van der Waals surface area contributed by atoms with Crippen molar-refractivity contribution in [3.8, 4) is 11.5 Å². The third-order valence-corrected chi connectivity index (χ3v) is 9.25. The maximum atomic E-state index is 13.6. The maximum Gasteiger partial charge on any atom is 0.410 e. The molecule has 0 aromatic heterocycles. The first-order valence-corrected chi connectivity index (χ1v) is 19.6. The molecule has 4 atom stereocenters. The van der Waals surface area contributed by atoms with Crippen LogP contribution in [0.3, 0.4) is 0 Å². The van der Waals surface area contributed by atoms with Crippen LogP contribution in [0, 0.1) is 23.7 Å². The topological polar surface area (TPSA) is 121 Å². The van der Waals surface area contributed by atoms with Crippen LogP contribution >= 0.6 is 0 Å². The van der Waals surface area contributed by atoms with E-state index >= 15 is 0 Å². The molecule has 4 rings (SSSR count). The fourth-order valence-electron chi connectivity index (χ4n) is 6.97. The summed E-state index contributed by atoms with van der Waals surface area (Å²) in [5, 5.41) is 0. The van der Waals surface area contributed by atoms with E-state index in [2.05, 4.69) is 0 Å². The van der Waals surface area contributed by atoms with Gasteiger partial charge >= 0.3 is 24.1 Å². The molecule has 11 heteroatoms. The van der Waals surface area contributed by atoms with Crippen molar-refractivity contribution in [3.63, 3.8) is 0 Å². The molecule has 2 aromatic carbocycles. The van der Waals surface area contributed by atoms with Gasteiger partial charge in [-0.3, -0.25) is 9.59 Å². The van der Waals surface area contributed by atoms with Crippen LogP contribution in [0.1, 0.15) is 107 Å². The normalized spacial score (nSPS) is 19.1. The SMILES string of the molecule is CC(C)(C)OC(=O)[C@@H](Cc1cccc(Oc2cccc(C[C@H](C(=O)OC(C)(C)C)[C@H]3CCN(C(=O)OC(C)(C)C)C3)c2)c1)[C@H]1CCN(C(=O)OC(C)(C)C)C1. The number of ether oxygens (including phenoxy) is 5. The summed E-state index contributed by atoms with van der Waals surface area (Å²) < 4.78 is 29.4.